The maximum Gasteiger partial charge on any atom is 0.319 e. The Morgan fingerprint density at radius 1 is 1.26 bits per heavy atom. The molecule has 1 fully saturated rings. The quantitative estimate of drug-likeness (QED) is 0.703. The maximum absolute atomic E-state index is 12.0. The number of aliphatic hydroxyl groups is 1. The first-order valence-electron chi connectivity index (χ1n) is 8.55. The summed E-state index contributed by atoms with van der Waals surface area (Å²) < 4.78 is 5.37. The lowest BCUT2D eigenvalue weighted by atomic mass is 9.95. The van der Waals surface area contributed by atoms with Crippen molar-refractivity contribution in [3.05, 3.63) is 29.8 Å². The van der Waals surface area contributed by atoms with E-state index in [1.807, 2.05) is 31.2 Å². The number of amides is 2. The lowest BCUT2D eigenvalue weighted by Gasteiger charge is -2.26. The Balaban J connectivity index is 1.82. The highest BCUT2D eigenvalue weighted by atomic mass is 16.5. The van der Waals surface area contributed by atoms with Crippen molar-refractivity contribution in [3.63, 3.8) is 0 Å². The molecule has 1 aliphatic carbocycles. The predicted molar refractivity (Wildman–Crippen MR) is 91.4 cm³/mol. The molecule has 5 nitrogen and oxygen atoms in total. The lowest BCUT2D eigenvalue weighted by Crippen LogP contribution is -2.44. The number of urea groups is 1. The molecule has 0 saturated heterocycles. The van der Waals surface area contributed by atoms with Crippen molar-refractivity contribution < 1.29 is 14.6 Å². The molecular weight excluding hydrogens is 292 g/mol. The van der Waals surface area contributed by atoms with E-state index in [9.17, 15) is 9.90 Å². The number of rotatable bonds is 6. The fraction of sp³-hybridized carbons (Fsp3) is 0.611. The Hall–Kier alpha value is -1.59. The first kappa shape index (κ1) is 17.8. The summed E-state index contributed by atoms with van der Waals surface area (Å²) in [7, 11) is 0. The fourth-order valence-electron chi connectivity index (χ4n) is 2.94. The predicted octanol–water partition coefficient (Wildman–Crippen LogP) is 3.43. The zero-order valence-electron chi connectivity index (χ0n) is 13.9. The van der Waals surface area contributed by atoms with E-state index < -0.39 is 5.60 Å². The van der Waals surface area contributed by atoms with Crippen LogP contribution in [0.1, 0.15) is 51.0 Å². The van der Waals surface area contributed by atoms with E-state index in [-0.39, 0.29) is 6.03 Å². The molecule has 1 aliphatic rings. The van der Waals surface area contributed by atoms with Crippen molar-refractivity contribution in [2.24, 2.45) is 0 Å². The van der Waals surface area contributed by atoms with Crippen LogP contribution in [0.15, 0.2) is 24.3 Å². The Kier molecular flexibility index (Phi) is 6.86. The summed E-state index contributed by atoms with van der Waals surface area (Å²) >= 11 is 0. The monoisotopic (exact) mass is 320 g/mol. The van der Waals surface area contributed by atoms with Gasteiger partial charge in [0.1, 0.15) is 0 Å². The van der Waals surface area contributed by atoms with Gasteiger partial charge in [0.2, 0.25) is 0 Å². The topological polar surface area (TPSA) is 70.6 Å². The number of anilines is 1. The molecule has 1 aromatic rings. The molecule has 2 amide bonds. The van der Waals surface area contributed by atoms with Crippen LogP contribution in [-0.2, 0) is 11.3 Å². The zero-order valence-corrected chi connectivity index (χ0v) is 13.9. The van der Waals surface area contributed by atoms with E-state index in [4.69, 9.17) is 4.74 Å². The second kappa shape index (κ2) is 8.89. The molecule has 1 saturated carbocycles. The van der Waals surface area contributed by atoms with Gasteiger partial charge in [-0.1, -0.05) is 37.8 Å². The van der Waals surface area contributed by atoms with Crippen LogP contribution in [0.5, 0.6) is 0 Å². The Morgan fingerprint density at radius 2 is 2.00 bits per heavy atom. The maximum atomic E-state index is 12.0. The number of ether oxygens (including phenoxy) is 1. The standard InChI is InChI=1S/C18H28N2O3/c1-2-23-13-15-8-7-9-16(12-15)20-17(21)19-14-18(22)10-5-3-4-6-11-18/h7-9,12,22H,2-6,10-11,13-14H2,1H3,(H2,19,20,21). The second-order valence-electron chi connectivity index (χ2n) is 6.28. The number of benzene rings is 1. The molecule has 0 aromatic heterocycles. The van der Waals surface area contributed by atoms with Crippen LogP contribution < -0.4 is 10.6 Å². The van der Waals surface area contributed by atoms with Crippen LogP contribution in [-0.4, -0.2) is 29.9 Å². The van der Waals surface area contributed by atoms with Gasteiger partial charge in [0.05, 0.1) is 12.2 Å². The minimum Gasteiger partial charge on any atom is -0.388 e. The van der Waals surface area contributed by atoms with Crippen molar-refractivity contribution in [1.82, 2.24) is 5.32 Å². The Labute approximate surface area is 138 Å². The number of carbonyl (C=O) groups is 1. The van der Waals surface area contributed by atoms with E-state index >= 15 is 0 Å². The Morgan fingerprint density at radius 3 is 2.70 bits per heavy atom. The van der Waals surface area contributed by atoms with Crippen LogP contribution in [0.3, 0.4) is 0 Å². The van der Waals surface area contributed by atoms with E-state index in [0.29, 0.717) is 19.8 Å². The number of hydrogen-bond acceptors (Lipinski definition) is 3. The summed E-state index contributed by atoms with van der Waals surface area (Å²) in [5, 5.41) is 16.2. The van der Waals surface area contributed by atoms with Gasteiger partial charge in [-0.15, -0.1) is 0 Å². The highest BCUT2D eigenvalue weighted by Crippen LogP contribution is 2.26. The third-order valence-corrected chi connectivity index (χ3v) is 4.27. The number of hydrogen-bond donors (Lipinski definition) is 3. The van der Waals surface area contributed by atoms with Crippen molar-refractivity contribution >= 4 is 11.7 Å². The van der Waals surface area contributed by atoms with Crippen molar-refractivity contribution in [2.75, 3.05) is 18.5 Å². The van der Waals surface area contributed by atoms with Crippen LogP contribution in [0.25, 0.3) is 0 Å². The molecule has 23 heavy (non-hydrogen) atoms. The molecule has 128 valence electrons. The van der Waals surface area contributed by atoms with Gasteiger partial charge in [-0.3, -0.25) is 0 Å². The van der Waals surface area contributed by atoms with Gasteiger partial charge in [0.15, 0.2) is 0 Å². The summed E-state index contributed by atoms with van der Waals surface area (Å²) in [6.07, 6.45) is 5.91. The number of carbonyl (C=O) groups excluding carboxylic acids is 1. The van der Waals surface area contributed by atoms with Crippen LogP contribution in [0, 0.1) is 0 Å². The summed E-state index contributed by atoms with van der Waals surface area (Å²) in [5.74, 6) is 0. The van der Waals surface area contributed by atoms with Crippen LogP contribution in [0.2, 0.25) is 0 Å². The summed E-state index contributed by atoms with van der Waals surface area (Å²) in [6.45, 7) is 3.45. The molecule has 0 bridgehead atoms. The molecule has 3 N–H and O–H groups in total. The summed E-state index contributed by atoms with van der Waals surface area (Å²) in [4.78, 5) is 12.0. The van der Waals surface area contributed by atoms with Gasteiger partial charge >= 0.3 is 6.03 Å². The average Bonchev–Trinajstić information content (AvgIpc) is 2.77. The minimum atomic E-state index is -0.759. The number of nitrogens with one attached hydrogen (secondary N) is 2. The fourth-order valence-corrected chi connectivity index (χ4v) is 2.94. The molecule has 0 spiro atoms. The molecule has 0 aliphatic heterocycles. The second-order valence-corrected chi connectivity index (χ2v) is 6.28. The largest absolute Gasteiger partial charge is 0.388 e. The molecule has 5 heteroatoms. The lowest BCUT2D eigenvalue weighted by molar-refractivity contribution is 0.0281. The zero-order chi connectivity index (χ0) is 16.5. The third-order valence-electron chi connectivity index (χ3n) is 4.27. The van der Waals surface area contributed by atoms with Gasteiger partial charge in [-0.2, -0.15) is 0 Å². The van der Waals surface area contributed by atoms with Gasteiger partial charge in [-0.25, -0.2) is 4.79 Å². The van der Waals surface area contributed by atoms with E-state index in [0.717, 1.165) is 36.9 Å². The van der Waals surface area contributed by atoms with Crippen molar-refractivity contribution in [2.45, 2.75) is 57.7 Å². The summed E-state index contributed by atoms with van der Waals surface area (Å²) in [6, 6.07) is 7.32. The third kappa shape index (κ3) is 6.20. The van der Waals surface area contributed by atoms with E-state index in [1.165, 1.54) is 12.8 Å². The smallest absolute Gasteiger partial charge is 0.319 e. The van der Waals surface area contributed by atoms with Gasteiger partial charge < -0.3 is 20.5 Å². The van der Waals surface area contributed by atoms with Gasteiger partial charge in [-0.05, 0) is 37.5 Å². The molecule has 0 atom stereocenters. The van der Waals surface area contributed by atoms with Crippen LogP contribution in [0.4, 0.5) is 10.5 Å². The first-order chi connectivity index (χ1) is 11.1. The molecular formula is C18H28N2O3. The normalized spacial score (nSPS) is 17.3. The van der Waals surface area contributed by atoms with Crippen LogP contribution >= 0.6 is 0 Å². The molecule has 0 unspecified atom stereocenters. The molecule has 0 heterocycles. The first-order valence-corrected chi connectivity index (χ1v) is 8.55. The Bertz CT molecular complexity index is 497. The van der Waals surface area contributed by atoms with Gasteiger partial charge in [0, 0.05) is 18.8 Å². The molecule has 0 radical (unpaired) electrons. The van der Waals surface area contributed by atoms with Crippen molar-refractivity contribution in [1.29, 1.82) is 0 Å². The van der Waals surface area contributed by atoms with Crippen molar-refractivity contribution in [3.8, 4) is 0 Å². The molecule has 1 aromatic carbocycles. The SMILES string of the molecule is CCOCc1cccc(NC(=O)NCC2(O)CCCCCC2)c1. The average molecular weight is 320 g/mol. The summed E-state index contributed by atoms with van der Waals surface area (Å²) in [5.41, 5.74) is 0.990. The highest BCUT2D eigenvalue weighted by molar-refractivity contribution is 5.89. The van der Waals surface area contributed by atoms with Gasteiger partial charge in [0.25, 0.3) is 0 Å². The minimum absolute atomic E-state index is 0.281. The highest BCUT2D eigenvalue weighted by Gasteiger charge is 2.28. The van der Waals surface area contributed by atoms with E-state index in [1.54, 1.807) is 0 Å². The van der Waals surface area contributed by atoms with E-state index in [2.05, 4.69) is 10.6 Å². The molecule has 2 rings (SSSR count).